The molecule has 3 rings (SSSR count). The minimum atomic E-state index is 0.850. The van der Waals surface area contributed by atoms with Crippen LogP contribution in [0.2, 0.25) is 0 Å². The van der Waals surface area contributed by atoms with Crippen molar-refractivity contribution in [3.05, 3.63) is 94.6 Å². The summed E-state index contributed by atoms with van der Waals surface area (Å²) in [5.74, 6) is 0. The normalized spacial score (nSPS) is 10.9. The van der Waals surface area contributed by atoms with Gasteiger partial charge in [-0.15, -0.1) is 6.58 Å². The van der Waals surface area contributed by atoms with Gasteiger partial charge in [0, 0.05) is 25.0 Å². The zero-order chi connectivity index (χ0) is 22.5. The Morgan fingerprint density at radius 3 is 2.19 bits per heavy atom. The smallest absolute Gasteiger partial charge is 0.0438 e. The molecule has 2 nitrogen and oxygen atoms in total. The molecule has 0 unspecified atom stereocenters. The van der Waals surface area contributed by atoms with E-state index < -0.39 is 0 Å². The van der Waals surface area contributed by atoms with Gasteiger partial charge in [0.2, 0.25) is 0 Å². The zero-order valence-corrected chi connectivity index (χ0v) is 19.8. The van der Waals surface area contributed by atoms with E-state index in [2.05, 4.69) is 94.8 Å². The van der Waals surface area contributed by atoms with Crippen LogP contribution in [-0.2, 0) is 19.3 Å². The summed E-state index contributed by atoms with van der Waals surface area (Å²) in [6, 6.07) is 17.8. The summed E-state index contributed by atoms with van der Waals surface area (Å²) in [5.41, 5.74) is 19.0. The molecule has 0 aliphatic rings. The first-order valence-electron chi connectivity index (χ1n) is 11.3. The molecule has 2 heteroatoms. The maximum absolute atomic E-state index is 6.44. The quantitative estimate of drug-likeness (QED) is 0.324. The molecule has 0 atom stereocenters. The van der Waals surface area contributed by atoms with Crippen LogP contribution in [0.25, 0.3) is 11.1 Å². The molecule has 0 radical (unpaired) electrons. The molecule has 0 spiro atoms. The van der Waals surface area contributed by atoms with Crippen molar-refractivity contribution in [2.24, 2.45) is 0 Å². The van der Waals surface area contributed by atoms with Crippen LogP contribution in [0.5, 0.6) is 0 Å². The number of nitrogens with zero attached hydrogens (tertiary/aromatic N) is 1. The Morgan fingerprint density at radius 1 is 0.903 bits per heavy atom. The lowest BCUT2D eigenvalue weighted by atomic mass is 9.90. The second kappa shape index (κ2) is 9.87. The molecule has 0 saturated carbocycles. The maximum Gasteiger partial charge on any atom is 0.0438 e. The molecular formula is C29H36N2. The Labute approximate surface area is 188 Å². The summed E-state index contributed by atoms with van der Waals surface area (Å²) >= 11 is 0. The molecule has 31 heavy (non-hydrogen) atoms. The minimum Gasteiger partial charge on any atom is -0.398 e. The maximum atomic E-state index is 6.44. The van der Waals surface area contributed by atoms with Gasteiger partial charge < -0.3 is 10.6 Å². The minimum absolute atomic E-state index is 0.850. The third-order valence-electron chi connectivity index (χ3n) is 6.47. The Bertz CT molecular complexity index is 1060. The monoisotopic (exact) mass is 412 g/mol. The van der Waals surface area contributed by atoms with Gasteiger partial charge in [-0.3, -0.25) is 0 Å². The van der Waals surface area contributed by atoms with Crippen molar-refractivity contribution in [1.29, 1.82) is 0 Å². The van der Waals surface area contributed by atoms with Gasteiger partial charge in [-0.1, -0.05) is 60.2 Å². The molecule has 0 saturated heterocycles. The summed E-state index contributed by atoms with van der Waals surface area (Å²) in [7, 11) is 2.19. The second-order valence-electron chi connectivity index (χ2n) is 8.55. The third kappa shape index (κ3) is 4.85. The molecule has 0 heterocycles. The largest absolute Gasteiger partial charge is 0.398 e. The fourth-order valence-electron chi connectivity index (χ4n) is 4.26. The van der Waals surface area contributed by atoms with Crippen LogP contribution >= 0.6 is 0 Å². The van der Waals surface area contributed by atoms with E-state index >= 15 is 0 Å². The van der Waals surface area contributed by atoms with Crippen molar-refractivity contribution in [3.8, 4) is 11.1 Å². The fraction of sp³-hybridized carbons (Fsp3) is 0.310. The molecule has 3 aromatic rings. The van der Waals surface area contributed by atoms with Crippen LogP contribution in [0.3, 0.4) is 0 Å². The lowest BCUT2D eigenvalue weighted by Crippen LogP contribution is -2.20. The molecule has 0 fully saturated rings. The van der Waals surface area contributed by atoms with Crippen LogP contribution in [0.1, 0.15) is 40.3 Å². The average Bonchev–Trinajstić information content (AvgIpc) is 2.77. The van der Waals surface area contributed by atoms with Crippen molar-refractivity contribution in [1.82, 2.24) is 0 Å². The van der Waals surface area contributed by atoms with Crippen molar-refractivity contribution < 1.29 is 0 Å². The van der Waals surface area contributed by atoms with Crippen LogP contribution in [-0.4, -0.2) is 13.6 Å². The summed E-state index contributed by atoms with van der Waals surface area (Å²) in [6.07, 6.45) is 4.77. The van der Waals surface area contributed by atoms with E-state index in [4.69, 9.17) is 5.73 Å². The average molecular weight is 413 g/mol. The molecule has 0 aliphatic heterocycles. The standard InChI is InChI=1S/C29H36N2/c1-7-9-27-26(23-13-10-20(3)11-14-23)19-18-25(29(27)31(6)8-2)17-16-24-15-12-21(4)22(5)28(24)30/h7,10-15,18-19H,1,8-9,16-17,30H2,2-6H3. The zero-order valence-electron chi connectivity index (χ0n) is 19.8. The van der Waals surface area contributed by atoms with Crippen molar-refractivity contribution in [2.75, 3.05) is 24.2 Å². The molecule has 0 aromatic heterocycles. The van der Waals surface area contributed by atoms with Crippen molar-refractivity contribution in [2.45, 2.75) is 47.0 Å². The molecular weight excluding hydrogens is 376 g/mol. The van der Waals surface area contributed by atoms with Gasteiger partial charge in [0.15, 0.2) is 0 Å². The molecule has 0 aliphatic carbocycles. The highest BCUT2D eigenvalue weighted by atomic mass is 15.1. The first-order valence-corrected chi connectivity index (χ1v) is 11.3. The van der Waals surface area contributed by atoms with Gasteiger partial charge in [0.1, 0.15) is 0 Å². The Kier molecular flexibility index (Phi) is 7.22. The van der Waals surface area contributed by atoms with E-state index in [1.807, 2.05) is 6.08 Å². The third-order valence-corrected chi connectivity index (χ3v) is 6.47. The van der Waals surface area contributed by atoms with Crippen molar-refractivity contribution >= 4 is 11.4 Å². The number of hydrogen-bond donors (Lipinski definition) is 1. The highest BCUT2D eigenvalue weighted by Gasteiger charge is 2.17. The SMILES string of the molecule is C=CCc1c(-c2ccc(C)cc2)ccc(CCc2ccc(C)c(C)c2N)c1N(C)CC. The number of rotatable bonds is 8. The number of nitrogens with two attached hydrogens (primary N) is 1. The number of benzene rings is 3. The number of anilines is 2. The highest BCUT2D eigenvalue weighted by molar-refractivity contribution is 5.77. The first kappa shape index (κ1) is 22.7. The molecule has 0 amide bonds. The summed E-state index contributed by atoms with van der Waals surface area (Å²) in [5, 5.41) is 0. The molecule has 3 aromatic carbocycles. The van der Waals surface area contributed by atoms with Crippen LogP contribution in [0, 0.1) is 20.8 Å². The van der Waals surface area contributed by atoms with E-state index in [1.165, 1.54) is 50.2 Å². The molecule has 2 N–H and O–H groups in total. The number of nitrogen functional groups attached to an aromatic ring is 1. The summed E-state index contributed by atoms with van der Waals surface area (Å²) < 4.78 is 0. The fourth-order valence-corrected chi connectivity index (χ4v) is 4.26. The van der Waals surface area contributed by atoms with E-state index in [0.717, 1.165) is 31.5 Å². The lowest BCUT2D eigenvalue weighted by molar-refractivity contribution is 0.905. The predicted octanol–water partition coefficient (Wildman–Crippen LogP) is 6.83. The van der Waals surface area contributed by atoms with E-state index in [-0.39, 0.29) is 0 Å². The summed E-state index contributed by atoms with van der Waals surface area (Å²) in [4.78, 5) is 2.37. The number of aryl methyl sites for hydroxylation is 4. The Balaban J connectivity index is 2.06. The van der Waals surface area contributed by atoms with E-state index in [0.29, 0.717) is 0 Å². The van der Waals surface area contributed by atoms with Gasteiger partial charge in [0.05, 0.1) is 0 Å². The molecule has 0 bridgehead atoms. The summed E-state index contributed by atoms with van der Waals surface area (Å²) in [6.45, 7) is 13.6. The Hall–Kier alpha value is -3.00. The van der Waals surface area contributed by atoms with Gasteiger partial charge in [-0.25, -0.2) is 0 Å². The lowest BCUT2D eigenvalue weighted by Gasteiger charge is -2.27. The predicted molar refractivity (Wildman–Crippen MR) is 137 cm³/mol. The van der Waals surface area contributed by atoms with Gasteiger partial charge >= 0.3 is 0 Å². The van der Waals surface area contributed by atoms with Crippen molar-refractivity contribution in [3.63, 3.8) is 0 Å². The van der Waals surface area contributed by atoms with Crippen LogP contribution in [0.4, 0.5) is 11.4 Å². The molecule has 162 valence electrons. The Morgan fingerprint density at radius 2 is 1.55 bits per heavy atom. The van der Waals surface area contributed by atoms with Gasteiger partial charge in [-0.2, -0.15) is 0 Å². The van der Waals surface area contributed by atoms with E-state index in [9.17, 15) is 0 Å². The second-order valence-corrected chi connectivity index (χ2v) is 8.55. The first-order chi connectivity index (χ1) is 14.9. The number of hydrogen-bond acceptors (Lipinski definition) is 2. The van der Waals surface area contributed by atoms with Crippen LogP contribution in [0.15, 0.2) is 61.2 Å². The number of allylic oxidation sites excluding steroid dienone is 1. The van der Waals surface area contributed by atoms with Gasteiger partial charge in [0.25, 0.3) is 0 Å². The van der Waals surface area contributed by atoms with Gasteiger partial charge in [-0.05, 0) is 85.9 Å². The van der Waals surface area contributed by atoms with E-state index in [1.54, 1.807) is 0 Å². The van der Waals surface area contributed by atoms with Crippen LogP contribution < -0.4 is 10.6 Å². The highest BCUT2D eigenvalue weighted by Crippen LogP contribution is 2.36. The topological polar surface area (TPSA) is 29.3 Å².